The van der Waals surface area contributed by atoms with Gasteiger partial charge in [0.25, 0.3) is 0 Å². The summed E-state index contributed by atoms with van der Waals surface area (Å²) >= 11 is 0. The molecule has 0 bridgehead atoms. The summed E-state index contributed by atoms with van der Waals surface area (Å²) in [6.07, 6.45) is -2.59. The molecule has 7 nitrogen and oxygen atoms in total. The molecular weight excluding hydrogens is 789 g/mol. The molecule has 0 amide bonds. The lowest BCUT2D eigenvalue weighted by Crippen LogP contribution is -2.65. The molecule has 62 heavy (non-hydrogen) atoms. The summed E-state index contributed by atoms with van der Waals surface area (Å²) in [6, 6.07) is 54.6. The summed E-state index contributed by atoms with van der Waals surface area (Å²) in [5.41, 5.74) is 7.83. The molecule has 0 radical (unpaired) electrons. The van der Waals surface area contributed by atoms with E-state index in [0.717, 1.165) is 44.7 Å². The van der Waals surface area contributed by atoms with Crippen molar-refractivity contribution in [2.45, 2.75) is 109 Å². The molecule has 1 saturated heterocycles. The molecule has 0 aromatic heterocycles. The first kappa shape index (κ1) is 45.1. The molecule has 1 N–H and O–H groups in total. The zero-order valence-corrected chi connectivity index (χ0v) is 38.0. The standard InChI is InChI=1S/C54H62O7Si/c1-40-27-30-47(34-46(40)33-41-28-31-48(32-29-41)61-62(5,6)53(2,3)4)54(55)52(59-38-45-25-17-10-18-26-45)51(58-37-44-23-15-9-16-24-44)50(57-36-43-21-13-8-14-22-43)49(60-54)39-56-35-42-19-11-7-12-20-42/h7-32,34,49-52,55H,33,35-39H2,1-6H3/t49?,50-,51?,52-,54?/m1/s1. The summed E-state index contributed by atoms with van der Waals surface area (Å²) in [7, 11) is -1.99. The zero-order valence-electron chi connectivity index (χ0n) is 37.0. The van der Waals surface area contributed by atoms with Gasteiger partial charge >= 0.3 is 0 Å². The fourth-order valence-electron chi connectivity index (χ4n) is 7.51. The highest BCUT2D eigenvalue weighted by Gasteiger charge is 2.57. The molecule has 7 rings (SSSR count). The van der Waals surface area contributed by atoms with Crippen LogP contribution in [0, 0.1) is 6.92 Å². The van der Waals surface area contributed by atoms with Crippen LogP contribution in [-0.4, -0.2) is 44.4 Å². The second-order valence-corrected chi connectivity index (χ2v) is 22.6. The Kier molecular flexibility index (Phi) is 14.9. The summed E-state index contributed by atoms with van der Waals surface area (Å²) in [5.74, 6) is -1.08. The van der Waals surface area contributed by atoms with Gasteiger partial charge < -0.3 is 33.2 Å². The van der Waals surface area contributed by atoms with Crippen molar-refractivity contribution in [3.63, 3.8) is 0 Å². The van der Waals surface area contributed by atoms with Gasteiger partial charge in [-0.05, 0) is 88.6 Å². The Balaban J connectivity index is 1.26. The van der Waals surface area contributed by atoms with Gasteiger partial charge in [-0.15, -0.1) is 0 Å². The van der Waals surface area contributed by atoms with Crippen molar-refractivity contribution in [2.75, 3.05) is 6.61 Å². The SMILES string of the molecule is Cc1ccc(C2(O)OC(COCc3ccccc3)[C@@H](OCc3ccccc3)C(OCc3ccccc3)[C@H]2OCc2ccccc2)cc1Cc1ccc(O[Si](C)(C)C(C)(C)C)cc1. The minimum absolute atomic E-state index is 0.0972. The van der Waals surface area contributed by atoms with Gasteiger partial charge in [-0.2, -0.15) is 0 Å². The molecule has 1 aliphatic heterocycles. The second-order valence-electron chi connectivity index (χ2n) is 17.9. The first-order chi connectivity index (χ1) is 29.9. The van der Waals surface area contributed by atoms with Crippen LogP contribution >= 0.6 is 0 Å². The van der Waals surface area contributed by atoms with Crippen molar-refractivity contribution in [1.82, 2.24) is 0 Å². The number of hydrogen-bond acceptors (Lipinski definition) is 7. The van der Waals surface area contributed by atoms with Crippen molar-refractivity contribution in [3.05, 3.63) is 208 Å². The lowest BCUT2D eigenvalue weighted by molar-refractivity contribution is -0.378. The molecule has 6 aromatic carbocycles. The molecule has 1 heterocycles. The maximum absolute atomic E-state index is 13.4. The molecule has 324 valence electrons. The Labute approximate surface area is 369 Å². The third kappa shape index (κ3) is 11.6. The highest BCUT2D eigenvalue weighted by Crippen LogP contribution is 2.43. The number of aliphatic hydroxyl groups is 1. The number of ether oxygens (including phenoxy) is 5. The van der Waals surface area contributed by atoms with Crippen LogP contribution < -0.4 is 4.43 Å². The van der Waals surface area contributed by atoms with Gasteiger partial charge in [0.05, 0.1) is 33.0 Å². The van der Waals surface area contributed by atoms with Crippen LogP contribution in [0.25, 0.3) is 0 Å². The van der Waals surface area contributed by atoms with Crippen LogP contribution in [-0.2, 0) is 62.3 Å². The zero-order chi connectivity index (χ0) is 43.6. The second kappa shape index (κ2) is 20.5. The van der Waals surface area contributed by atoms with E-state index in [4.69, 9.17) is 28.1 Å². The van der Waals surface area contributed by atoms with E-state index in [1.807, 2.05) is 133 Å². The van der Waals surface area contributed by atoms with E-state index in [-0.39, 0.29) is 24.9 Å². The van der Waals surface area contributed by atoms with Crippen LogP contribution in [0.2, 0.25) is 18.1 Å². The molecule has 8 heteroatoms. The van der Waals surface area contributed by atoms with Gasteiger partial charge in [0.2, 0.25) is 14.1 Å². The van der Waals surface area contributed by atoms with Gasteiger partial charge in [0.1, 0.15) is 30.2 Å². The average Bonchev–Trinajstić information content (AvgIpc) is 3.27. The molecule has 0 saturated carbocycles. The van der Waals surface area contributed by atoms with E-state index >= 15 is 0 Å². The first-order valence-electron chi connectivity index (χ1n) is 21.7. The van der Waals surface area contributed by atoms with Gasteiger partial charge in [-0.25, -0.2) is 0 Å². The van der Waals surface area contributed by atoms with Crippen molar-refractivity contribution < 1.29 is 33.2 Å². The molecule has 1 fully saturated rings. The first-order valence-corrected chi connectivity index (χ1v) is 24.7. The van der Waals surface area contributed by atoms with Gasteiger partial charge in [-0.3, -0.25) is 0 Å². The van der Waals surface area contributed by atoms with E-state index in [9.17, 15) is 5.11 Å². The lowest BCUT2D eigenvalue weighted by atomic mass is 9.85. The maximum Gasteiger partial charge on any atom is 0.250 e. The number of benzene rings is 6. The lowest BCUT2D eigenvalue weighted by Gasteiger charge is -2.50. The van der Waals surface area contributed by atoms with Gasteiger partial charge in [-0.1, -0.05) is 166 Å². The Morgan fingerprint density at radius 1 is 0.581 bits per heavy atom. The van der Waals surface area contributed by atoms with E-state index < -0.39 is 38.5 Å². The predicted octanol–water partition coefficient (Wildman–Crippen LogP) is 11.5. The van der Waals surface area contributed by atoms with E-state index in [2.05, 4.69) is 71.1 Å². The Hall–Kier alpha value is -4.90. The molecule has 0 aliphatic carbocycles. The Morgan fingerprint density at radius 3 is 1.58 bits per heavy atom. The van der Waals surface area contributed by atoms with Gasteiger partial charge in [0, 0.05) is 5.56 Å². The van der Waals surface area contributed by atoms with Crippen molar-refractivity contribution >= 4 is 8.32 Å². The van der Waals surface area contributed by atoms with Crippen LogP contribution in [0.15, 0.2) is 164 Å². The van der Waals surface area contributed by atoms with Crippen LogP contribution in [0.3, 0.4) is 0 Å². The summed E-state index contributed by atoms with van der Waals surface area (Å²) in [5, 5.41) is 13.5. The third-order valence-electron chi connectivity index (χ3n) is 12.2. The van der Waals surface area contributed by atoms with Crippen LogP contribution in [0.1, 0.15) is 65.3 Å². The van der Waals surface area contributed by atoms with E-state index in [1.54, 1.807) is 0 Å². The fraction of sp³-hybridized carbons (Fsp3) is 0.333. The number of rotatable bonds is 18. The highest BCUT2D eigenvalue weighted by molar-refractivity contribution is 6.74. The molecule has 6 aromatic rings. The van der Waals surface area contributed by atoms with Crippen molar-refractivity contribution in [3.8, 4) is 5.75 Å². The average molecular weight is 851 g/mol. The minimum atomic E-state index is -1.99. The summed E-state index contributed by atoms with van der Waals surface area (Å²) in [4.78, 5) is 0. The summed E-state index contributed by atoms with van der Waals surface area (Å²) < 4.78 is 40.7. The largest absolute Gasteiger partial charge is 0.544 e. The number of hydrogen-bond donors (Lipinski definition) is 1. The minimum Gasteiger partial charge on any atom is -0.544 e. The predicted molar refractivity (Wildman–Crippen MR) is 248 cm³/mol. The molecule has 5 atom stereocenters. The third-order valence-corrected chi connectivity index (χ3v) is 16.6. The fourth-order valence-corrected chi connectivity index (χ4v) is 8.54. The molecule has 3 unspecified atom stereocenters. The Bertz CT molecular complexity index is 2260. The maximum atomic E-state index is 13.4. The summed E-state index contributed by atoms with van der Waals surface area (Å²) in [6.45, 7) is 14.7. The molecular formula is C54H62O7Si. The van der Waals surface area contributed by atoms with Crippen molar-refractivity contribution in [2.24, 2.45) is 0 Å². The topological polar surface area (TPSA) is 75.6 Å². The Morgan fingerprint density at radius 2 is 1.06 bits per heavy atom. The smallest absolute Gasteiger partial charge is 0.250 e. The van der Waals surface area contributed by atoms with Gasteiger partial charge in [0.15, 0.2) is 0 Å². The monoisotopic (exact) mass is 850 g/mol. The molecule has 0 spiro atoms. The van der Waals surface area contributed by atoms with E-state index in [1.165, 1.54) is 0 Å². The molecule has 1 aliphatic rings. The number of aryl methyl sites for hydroxylation is 1. The van der Waals surface area contributed by atoms with Crippen LogP contribution in [0.4, 0.5) is 0 Å². The van der Waals surface area contributed by atoms with E-state index in [0.29, 0.717) is 25.2 Å². The van der Waals surface area contributed by atoms with Crippen LogP contribution in [0.5, 0.6) is 5.75 Å². The normalized spacial score (nSPS) is 20.5. The van der Waals surface area contributed by atoms with Crippen molar-refractivity contribution in [1.29, 1.82) is 0 Å². The quantitative estimate of drug-likeness (QED) is 0.0863. The highest BCUT2D eigenvalue weighted by atomic mass is 28.4.